The van der Waals surface area contributed by atoms with Crippen molar-refractivity contribution in [2.24, 2.45) is 5.92 Å². The van der Waals surface area contributed by atoms with Crippen LogP contribution in [0, 0.1) is 5.92 Å². The minimum Gasteiger partial charge on any atom is -0.478 e. The zero-order chi connectivity index (χ0) is 9.97. The molecular formula is C12H12O2. The first-order valence-corrected chi connectivity index (χ1v) is 4.77. The highest BCUT2D eigenvalue weighted by Crippen LogP contribution is 2.30. The molecule has 72 valence electrons. The van der Waals surface area contributed by atoms with Crippen LogP contribution in [-0.4, -0.2) is 11.1 Å². The van der Waals surface area contributed by atoms with Crippen molar-refractivity contribution >= 4 is 12.0 Å². The number of hydrogen-bond acceptors (Lipinski definition) is 1. The Bertz CT molecular complexity index is 358. The van der Waals surface area contributed by atoms with Gasteiger partial charge in [0.15, 0.2) is 0 Å². The van der Waals surface area contributed by atoms with E-state index in [9.17, 15) is 4.79 Å². The van der Waals surface area contributed by atoms with Gasteiger partial charge in [0, 0.05) is 0 Å². The number of carboxylic acids is 1. The first kappa shape index (κ1) is 9.00. The molecule has 0 saturated heterocycles. The Morgan fingerprint density at radius 3 is 2.43 bits per heavy atom. The van der Waals surface area contributed by atoms with Crippen molar-refractivity contribution in [2.75, 3.05) is 0 Å². The van der Waals surface area contributed by atoms with Crippen molar-refractivity contribution in [3.63, 3.8) is 0 Å². The summed E-state index contributed by atoms with van der Waals surface area (Å²) in [5, 5.41) is 8.69. The summed E-state index contributed by atoms with van der Waals surface area (Å²) in [7, 11) is 0. The molecule has 1 aromatic carbocycles. The van der Waals surface area contributed by atoms with Crippen molar-refractivity contribution in [3.05, 3.63) is 41.5 Å². The third-order valence-electron chi connectivity index (χ3n) is 2.34. The number of carbonyl (C=O) groups is 1. The molecule has 2 nitrogen and oxygen atoms in total. The molecule has 2 heteroatoms. The van der Waals surface area contributed by atoms with Crippen LogP contribution >= 0.6 is 0 Å². The summed E-state index contributed by atoms with van der Waals surface area (Å²) in [4.78, 5) is 10.6. The van der Waals surface area contributed by atoms with E-state index in [1.165, 1.54) is 12.8 Å². The second kappa shape index (κ2) is 3.66. The van der Waals surface area contributed by atoms with Gasteiger partial charge in [0.1, 0.15) is 0 Å². The fourth-order valence-electron chi connectivity index (χ4n) is 1.27. The number of aromatic carboxylic acids is 1. The second-order valence-electron chi connectivity index (χ2n) is 3.62. The lowest BCUT2D eigenvalue weighted by Crippen LogP contribution is -1.94. The molecule has 0 heterocycles. The fraction of sp³-hybridized carbons (Fsp3) is 0.250. The van der Waals surface area contributed by atoms with Gasteiger partial charge >= 0.3 is 5.97 Å². The Labute approximate surface area is 82.9 Å². The smallest absolute Gasteiger partial charge is 0.335 e. The van der Waals surface area contributed by atoms with Crippen LogP contribution in [-0.2, 0) is 0 Å². The summed E-state index contributed by atoms with van der Waals surface area (Å²) >= 11 is 0. The Kier molecular flexibility index (Phi) is 2.35. The molecule has 0 unspecified atom stereocenters. The van der Waals surface area contributed by atoms with Crippen LogP contribution < -0.4 is 0 Å². The maximum Gasteiger partial charge on any atom is 0.335 e. The molecule has 0 amide bonds. The van der Waals surface area contributed by atoms with Crippen LogP contribution in [0.3, 0.4) is 0 Å². The molecule has 1 aliphatic rings. The van der Waals surface area contributed by atoms with Crippen molar-refractivity contribution in [1.29, 1.82) is 0 Å². The van der Waals surface area contributed by atoms with Crippen molar-refractivity contribution < 1.29 is 9.90 Å². The van der Waals surface area contributed by atoms with Crippen LogP contribution in [0.2, 0.25) is 0 Å². The summed E-state index contributed by atoms with van der Waals surface area (Å²) in [6.45, 7) is 0. The molecule has 0 spiro atoms. The summed E-state index contributed by atoms with van der Waals surface area (Å²) < 4.78 is 0. The van der Waals surface area contributed by atoms with E-state index >= 15 is 0 Å². The van der Waals surface area contributed by atoms with Gasteiger partial charge < -0.3 is 5.11 Å². The van der Waals surface area contributed by atoms with Gasteiger partial charge in [-0.1, -0.05) is 24.3 Å². The van der Waals surface area contributed by atoms with Gasteiger partial charge in [-0.05, 0) is 36.5 Å². The summed E-state index contributed by atoms with van der Waals surface area (Å²) in [5.41, 5.74) is 1.41. The highest BCUT2D eigenvalue weighted by atomic mass is 16.4. The maximum atomic E-state index is 10.6. The first-order valence-electron chi connectivity index (χ1n) is 4.77. The minimum absolute atomic E-state index is 0.341. The van der Waals surface area contributed by atoms with Crippen molar-refractivity contribution in [3.8, 4) is 0 Å². The standard InChI is InChI=1S/C12H12O2/c13-12(14)11-7-5-10(6-8-11)4-3-9-1-2-9/h3-9H,1-2H2,(H,13,14)/b4-3+. The van der Waals surface area contributed by atoms with E-state index in [0.717, 1.165) is 11.5 Å². The van der Waals surface area contributed by atoms with E-state index in [4.69, 9.17) is 5.11 Å². The minimum atomic E-state index is -0.872. The largest absolute Gasteiger partial charge is 0.478 e. The summed E-state index contributed by atoms with van der Waals surface area (Å²) in [6, 6.07) is 6.94. The maximum absolute atomic E-state index is 10.6. The van der Waals surface area contributed by atoms with Gasteiger partial charge in [0.05, 0.1) is 5.56 Å². The van der Waals surface area contributed by atoms with Crippen LogP contribution in [0.15, 0.2) is 30.3 Å². The van der Waals surface area contributed by atoms with Crippen molar-refractivity contribution in [2.45, 2.75) is 12.8 Å². The second-order valence-corrected chi connectivity index (χ2v) is 3.62. The fourth-order valence-corrected chi connectivity index (χ4v) is 1.27. The van der Waals surface area contributed by atoms with Gasteiger partial charge in [-0.3, -0.25) is 0 Å². The van der Waals surface area contributed by atoms with Crippen molar-refractivity contribution in [1.82, 2.24) is 0 Å². The van der Waals surface area contributed by atoms with Crippen LogP contribution in [0.5, 0.6) is 0 Å². The first-order chi connectivity index (χ1) is 6.75. The monoisotopic (exact) mass is 188 g/mol. The highest BCUT2D eigenvalue weighted by Gasteiger charge is 2.16. The van der Waals surface area contributed by atoms with E-state index < -0.39 is 5.97 Å². The molecule has 0 bridgehead atoms. The third kappa shape index (κ3) is 2.22. The number of carboxylic acid groups (broad SMARTS) is 1. The predicted octanol–water partition coefficient (Wildman–Crippen LogP) is 2.81. The summed E-state index contributed by atoms with van der Waals surface area (Å²) in [5.74, 6) is -0.114. The zero-order valence-electron chi connectivity index (χ0n) is 7.81. The molecule has 1 aromatic rings. The predicted molar refractivity (Wildman–Crippen MR) is 55.2 cm³/mol. The molecular weight excluding hydrogens is 176 g/mol. The van der Waals surface area contributed by atoms with Crippen LogP contribution in [0.25, 0.3) is 6.08 Å². The normalized spacial score (nSPS) is 16.0. The Morgan fingerprint density at radius 1 is 1.29 bits per heavy atom. The number of rotatable bonds is 3. The van der Waals surface area contributed by atoms with E-state index in [2.05, 4.69) is 12.2 Å². The molecule has 1 aliphatic carbocycles. The van der Waals surface area contributed by atoms with E-state index in [1.54, 1.807) is 12.1 Å². The Balaban J connectivity index is 2.08. The van der Waals surface area contributed by atoms with Crippen LogP contribution in [0.4, 0.5) is 0 Å². The van der Waals surface area contributed by atoms with E-state index in [0.29, 0.717) is 5.56 Å². The van der Waals surface area contributed by atoms with E-state index in [1.807, 2.05) is 12.1 Å². The molecule has 1 fully saturated rings. The summed E-state index contributed by atoms with van der Waals surface area (Å²) in [6.07, 6.45) is 6.84. The SMILES string of the molecule is O=C(O)c1ccc(/C=C/C2CC2)cc1. The lowest BCUT2D eigenvalue weighted by Gasteiger charge is -1.95. The molecule has 0 atom stereocenters. The topological polar surface area (TPSA) is 37.3 Å². The van der Waals surface area contributed by atoms with Gasteiger partial charge in [-0.15, -0.1) is 0 Å². The van der Waals surface area contributed by atoms with Gasteiger partial charge in [-0.2, -0.15) is 0 Å². The average molecular weight is 188 g/mol. The Hall–Kier alpha value is -1.57. The molecule has 0 aliphatic heterocycles. The number of allylic oxidation sites excluding steroid dienone is 1. The molecule has 14 heavy (non-hydrogen) atoms. The lowest BCUT2D eigenvalue weighted by molar-refractivity contribution is 0.0697. The molecule has 0 radical (unpaired) electrons. The van der Waals surface area contributed by atoms with E-state index in [-0.39, 0.29) is 0 Å². The average Bonchev–Trinajstić information content (AvgIpc) is 2.99. The number of hydrogen-bond donors (Lipinski definition) is 1. The van der Waals surface area contributed by atoms with Crippen LogP contribution in [0.1, 0.15) is 28.8 Å². The zero-order valence-corrected chi connectivity index (χ0v) is 7.81. The quantitative estimate of drug-likeness (QED) is 0.791. The lowest BCUT2D eigenvalue weighted by atomic mass is 10.1. The molecule has 1 saturated carbocycles. The van der Waals surface area contributed by atoms with Gasteiger partial charge in [0.2, 0.25) is 0 Å². The third-order valence-corrected chi connectivity index (χ3v) is 2.34. The highest BCUT2D eigenvalue weighted by molar-refractivity contribution is 5.87. The molecule has 2 rings (SSSR count). The van der Waals surface area contributed by atoms with Gasteiger partial charge in [-0.25, -0.2) is 4.79 Å². The van der Waals surface area contributed by atoms with Gasteiger partial charge in [0.25, 0.3) is 0 Å². The Morgan fingerprint density at radius 2 is 1.93 bits per heavy atom. The molecule has 1 N–H and O–H groups in total. The number of benzene rings is 1. The molecule has 0 aromatic heterocycles.